The van der Waals surface area contributed by atoms with E-state index < -0.39 is 34.3 Å². The van der Waals surface area contributed by atoms with Crippen molar-refractivity contribution < 1.29 is 23.1 Å². The topological polar surface area (TPSA) is 95.5 Å². The fourth-order valence-electron chi connectivity index (χ4n) is 2.56. The maximum Gasteiger partial charge on any atom is 0.418 e. The Bertz CT molecular complexity index is 1150. The number of alkyl halides is 3. The van der Waals surface area contributed by atoms with Gasteiger partial charge in [0.15, 0.2) is 0 Å². The molecule has 0 atom stereocenters. The Kier molecular flexibility index (Phi) is 4.99. The Morgan fingerprint density at radius 1 is 0.893 bits per heavy atom. The van der Waals surface area contributed by atoms with Crippen LogP contribution in [-0.2, 0) is 6.18 Å². The number of nitrogens with one attached hydrogen (secondary N) is 2. The van der Waals surface area contributed by atoms with E-state index >= 15 is 0 Å². The third-order valence-corrected chi connectivity index (χ3v) is 4.56. The van der Waals surface area contributed by atoms with Crippen molar-refractivity contribution in [2.45, 2.75) is 6.18 Å². The van der Waals surface area contributed by atoms with Crippen molar-refractivity contribution in [1.82, 2.24) is 0 Å². The van der Waals surface area contributed by atoms with E-state index in [0.29, 0.717) is 4.47 Å². The lowest BCUT2D eigenvalue weighted by molar-refractivity contribution is -0.136. The molecular formula is C18H10BrF3N2O4. The van der Waals surface area contributed by atoms with E-state index in [9.17, 15) is 32.7 Å². The molecular weight excluding hydrogens is 445 g/mol. The average Bonchev–Trinajstić information content (AvgIpc) is 2.64. The molecule has 0 heterocycles. The number of hydrogen-bond acceptors (Lipinski definition) is 5. The van der Waals surface area contributed by atoms with Gasteiger partial charge in [-0.1, -0.05) is 18.2 Å². The minimum Gasteiger partial charge on any atom is -0.478 e. The Morgan fingerprint density at radius 2 is 1.50 bits per heavy atom. The van der Waals surface area contributed by atoms with Crippen molar-refractivity contribution >= 4 is 44.6 Å². The standard InChI is InChI=1S/C18H10BrF3N2O4/c19-10-6-3-4-8(17(27)28)12(10)24-14-13(15(25)16(14)26)23-11-7-2-1-5-9(11)18(20,21)22/h1-7,23-24H,(H,27,28). The van der Waals surface area contributed by atoms with Gasteiger partial charge in [-0.2, -0.15) is 13.2 Å². The Labute approximate surface area is 163 Å². The lowest BCUT2D eigenvalue weighted by atomic mass is 10.1. The molecule has 28 heavy (non-hydrogen) atoms. The Morgan fingerprint density at radius 3 is 2.11 bits per heavy atom. The van der Waals surface area contributed by atoms with Gasteiger partial charge in [0.05, 0.1) is 22.5 Å². The Balaban J connectivity index is 2.02. The first-order valence-electron chi connectivity index (χ1n) is 7.66. The normalized spacial score (nSPS) is 11.4. The molecule has 10 heteroatoms. The van der Waals surface area contributed by atoms with E-state index in [4.69, 9.17) is 0 Å². The number of rotatable bonds is 5. The molecule has 0 aliphatic carbocycles. The van der Waals surface area contributed by atoms with Gasteiger partial charge >= 0.3 is 12.1 Å². The fraction of sp³-hybridized carbons (Fsp3) is 0.0556. The highest BCUT2D eigenvalue weighted by Crippen LogP contribution is 2.37. The molecule has 3 rings (SSSR count). The van der Waals surface area contributed by atoms with Crippen LogP contribution in [0.25, 0.3) is 0 Å². The first-order chi connectivity index (χ1) is 13.1. The maximum absolute atomic E-state index is 13.1. The zero-order valence-corrected chi connectivity index (χ0v) is 15.3. The van der Waals surface area contributed by atoms with E-state index in [-0.39, 0.29) is 22.6 Å². The van der Waals surface area contributed by atoms with Crippen LogP contribution in [0.15, 0.2) is 56.5 Å². The van der Waals surface area contributed by atoms with Crippen LogP contribution >= 0.6 is 15.9 Å². The lowest BCUT2D eigenvalue weighted by Gasteiger charge is -2.19. The Hall–Kier alpha value is -3.14. The van der Waals surface area contributed by atoms with E-state index in [1.54, 1.807) is 0 Å². The molecule has 3 aromatic carbocycles. The summed E-state index contributed by atoms with van der Waals surface area (Å²) >= 11 is 3.14. The summed E-state index contributed by atoms with van der Waals surface area (Å²) in [7, 11) is 0. The van der Waals surface area contributed by atoms with Gasteiger partial charge in [-0.25, -0.2) is 4.79 Å². The second kappa shape index (κ2) is 7.12. The first kappa shape index (κ1) is 19.6. The summed E-state index contributed by atoms with van der Waals surface area (Å²) in [4.78, 5) is 35.2. The second-order valence-corrected chi connectivity index (χ2v) is 6.52. The number of carbonyl (C=O) groups is 1. The van der Waals surface area contributed by atoms with E-state index in [1.165, 1.54) is 30.3 Å². The van der Waals surface area contributed by atoms with Gasteiger partial charge < -0.3 is 15.7 Å². The number of halogens is 4. The lowest BCUT2D eigenvalue weighted by Crippen LogP contribution is -2.36. The second-order valence-electron chi connectivity index (χ2n) is 5.67. The van der Waals surface area contributed by atoms with Crippen molar-refractivity contribution in [3.63, 3.8) is 0 Å². The van der Waals surface area contributed by atoms with E-state index in [1.807, 2.05) is 0 Å². The number of carboxylic acids is 1. The van der Waals surface area contributed by atoms with Gasteiger partial charge in [0.2, 0.25) is 0 Å². The van der Waals surface area contributed by atoms with Gasteiger partial charge in [0.25, 0.3) is 10.9 Å². The number of aromatic carboxylic acids is 1. The van der Waals surface area contributed by atoms with Crippen LogP contribution in [0.5, 0.6) is 0 Å². The van der Waals surface area contributed by atoms with Crippen LogP contribution in [0.4, 0.5) is 35.9 Å². The summed E-state index contributed by atoms with van der Waals surface area (Å²) in [5, 5.41) is 14.1. The fourth-order valence-corrected chi connectivity index (χ4v) is 3.02. The summed E-state index contributed by atoms with van der Waals surface area (Å²) in [5.41, 5.74) is -4.30. The third-order valence-electron chi connectivity index (χ3n) is 3.90. The van der Waals surface area contributed by atoms with Gasteiger partial charge in [-0.15, -0.1) is 0 Å². The molecule has 0 unspecified atom stereocenters. The zero-order valence-electron chi connectivity index (χ0n) is 13.7. The number of benzene rings is 2. The van der Waals surface area contributed by atoms with Crippen LogP contribution in [0.3, 0.4) is 0 Å². The molecule has 144 valence electrons. The molecule has 0 aromatic heterocycles. The molecule has 0 amide bonds. The first-order valence-corrected chi connectivity index (χ1v) is 8.46. The predicted octanol–water partition coefficient (Wildman–Crippen LogP) is 4.25. The molecule has 0 radical (unpaired) electrons. The molecule has 0 aliphatic heterocycles. The van der Waals surface area contributed by atoms with Gasteiger partial charge in [0, 0.05) is 4.47 Å². The van der Waals surface area contributed by atoms with Crippen LogP contribution in [-0.4, -0.2) is 11.1 Å². The quantitative estimate of drug-likeness (QED) is 0.498. The minimum atomic E-state index is -4.67. The predicted molar refractivity (Wildman–Crippen MR) is 100 cm³/mol. The summed E-state index contributed by atoms with van der Waals surface area (Å²) in [5.74, 6) is -1.29. The number of carboxylic acid groups (broad SMARTS) is 1. The monoisotopic (exact) mass is 454 g/mol. The molecule has 3 N–H and O–H groups in total. The summed E-state index contributed by atoms with van der Waals surface area (Å²) in [6, 6.07) is 8.71. The zero-order chi connectivity index (χ0) is 20.6. The van der Waals surface area contributed by atoms with Crippen molar-refractivity contribution in [3.05, 3.63) is 78.5 Å². The summed E-state index contributed by atoms with van der Waals surface area (Å²) < 4.78 is 39.7. The van der Waals surface area contributed by atoms with Gasteiger partial charge in [0.1, 0.15) is 11.4 Å². The molecule has 0 bridgehead atoms. The maximum atomic E-state index is 13.1. The number of para-hydroxylation sites is 2. The highest BCUT2D eigenvalue weighted by molar-refractivity contribution is 9.10. The van der Waals surface area contributed by atoms with Crippen LogP contribution in [0.1, 0.15) is 15.9 Å². The van der Waals surface area contributed by atoms with Crippen molar-refractivity contribution in [2.24, 2.45) is 0 Å². The van der Waals surface area contributed by atoms with Crippen molar-refractivity contribution in [2.75, 3.05) is 10.6 Å². The summed E-state index contributed by atoms with van der Waals surface area (Å²) in [6.07, 6.45) is -4.67. The average molecular weight is 455 g/mol. The minimum absolute atomic E-state index is 0.00532. The SMILES string of the molecule is O=C(O)c1cccc(Br)c1Nc1c(Nc2ccccc2C(F)(F)F)c(=O)c1=O. The molecule has 0 spiro atoms. The molecule has 0 saturated carbocycles. The smallest absolute Gasteiger partial charge is 0.418 e. The van der Waals surface area contributed by atoms with Crippen LogP contribution in [0.2, 0.25) is 0 Å². The van der Waals surface area contributed by atoms with Crippen molar-refractivity contribution in [3.8, 4) is 0 Å². The molecule has 3 aromatic rings. The van der Waals surface area contributed by atoms with Crippen LogP contribution < -0.4 is 21.5 Å². The number of hydrogen-bond donors (Lipinski definition) is 3. The molecule has 0 saturated heterocycles. The van der Waals surface area contributed by atoms with Crippen LogP contribution in [0, 0.1) is 0 Å². The van der Waals surface area contributed by atoms with Gasteiger partial charge in [-0.05, 0) is 40.2 Å². The third kappa shape index (κ3) is 3.50. The highest BCUT2D eigenvalue weighted by atomic mass is 79.9. The molecule has 0 aliphatic rings. The molecule has 0 fully saturated rings. The number of anilines is 4. The van der Waals surface area contributed by atoms with E-state index in [2.05, 4.69) is 26.6 Å². The molecule has 6 nitrogen and oxygen atoms in total. The summed E-state index contributed by atoms with van der Waals surface area (Å²) in [6.45, 7) is 0. The largest absolute Gasteiger partial charge is 0.478 e. The van der Waals surface area contributed by atoms with Crippen molar-refractivity contribution in [1.29, 1.82) is 0 Å². The van der Waals surface area contributed by atoms with E-state index in [0.717, 1.165) is 12.1 Å². The van der Waals surface area contributed by atoms with Gasteiger partial charge in [-0.3, -0.25) is 9.59 Å². The highest BCUT2D eigenvalue weighted by Gasteiger charge is 2.34.